The molecule has 0 atom stereocenters. The van der Waals surface area contributed by atoms with E-state index in [-0.39, 0.29) is 0 Å². The van der Waals surface area contributed by atoms with Crippen molar-refractivity contribution in [2.75, 3.05) is 18.9 Å². The van der Waals surface area contributed by atoms with Gasteiger partial charge in [0, 0.05) is 24.3 Å². The minimum Gasteiger partial charge on any atom is -0.302 e. The summed E-state index contributed by atoms with van der Waals surface area (Å²) in [6.07, 6.45) is 4.92. The smallest absolute Gasteiger partial charge is 0.0312 e. The maximum absolute atomic E-state index is 4.08. The fourth-order valence-electron chi connectivity index (χ4n) is 1.21. The highest BCUT2D eigenvalue weighted by Crippen LogP contribution is 2.01. The van der Waals surface area contributed by atoms with E-state index in [1.807, 2.05) is 18.5 Å². The molecule has 0 aliphatic carbocycles. The Labute approximate surface area is 88.1 Å². The van der Waals surface area contributed by atoms with Gasteiger partial charge in [0.05, 0.1) is 0 Å². The second-order valence-electron chi connectivity index (χ2n) is 3.14. The van der Waals surface area contributed by atoms with Crippen LogP contribution in [0.1, 0.15) is 12.0 Å². The lowest BCUT2D eigenvalue weighted by molar-refractivity contribution is 0.328. The molecule has 13 heavy (non-hydrogen) atoms. The molecule has 1 rings (SSSR count). The van der Waals surface area contributed by atoms with Gasteiger partial charge in [0.1, 0.15) is 0 Å². The molecule has 0 bridgehead atoms. The van der Waals surface area contributed by atoms with E-state index in [4.69, 9.17) is 0 Å². The third-order valence-corrected chi connectivity index (χ3v) is 2.41. The highest BCUT2D eigenvalue weighted by atomic mass is 79.9. The van der Waals surface area contributed by atoms with Gasteiger partial charge in [-0.3, -0.25) is 4.98 Å². The fourth-order valence-corrected chi connectivity index (χ4v) is 1.46. The van der Waals surface area contributed by atoms with Crippen LogP contribution < -0.4 is 0 Å². The summed E-state index contributed by atoms with van der Waals surface area (Å²) in [5.74, 6) is 0. The molecule has 0 N–H and O–H groups in total. The van der Waals surface area contributed by atoms with E-state index in [0.29, 0.717) is 0 Å². The standard InChI is InChI=1S/C10H15BrN2/c1-13(7-3-5-11)9-10-4-2-6-12-8-10/h2,4,6,8H,3,5,7,9H2,1H3. The van der Waals surface area contributed by atoms with Crippen molar-refractivity contribution in [1.82, 2.24) is 9.88 Å². The topological polar surface area (TPSA) is 16.1 Å². The molecule has 0 saturated heterocycles. The number of hydrogen-bond acceptors (Lipinski definition) is 2. The average molecular weight is 243 g/mol. The zero-order valence-electron chi connectivity index (χ0n) is 7.91. The van der Waals surface area contributed by atoms with Gasteiger partial charge < -0.3 is 4.90 Å². The summed E-state index contributed by atoms with van der Waals surface area (Å²) < 4.78 is 0. The van der Waals surface area contributed by atoms with Gasteiger partial charge in [-0.05, 0) is 31.6 Å². The SMILES string of the molecule is CN(CCCBr)Cc1cccnc1. The molecule has 0 aliphatic rings. The maximum atomic E-state index is 4.08. The molecule has 0 saturated carbocycles. The van der Waals surface area contributed by atoms with Gasteiger partial charge in [0.25, 0.3) is 0 Å². The van der Waals surface area contributed by atoms with Crippen LogP contribution >= 0.6 is 15.9 Å². The first kappa shape index (κ1) is 10.7. The predicted molar refractivity (Wildman–Crippen MR) is 59.0 cm³/mol. The Morgan fingerprint density at radius 3 is 3.00 bits per heavy atom. The van der Waals surface area contributed by atoms with Gasteiger partial charge in [-0.15, -0.1) is 0 Å². The van der Waals surface area contributed by atoms with Crippen molar-refractivity contribution in [3.05, 3.63) is 30.1 Å². The van der Waals surface area contributed by atoms with Crippen LogP contribution in [0, 0.1) is 0 Å². The van der Waals surface area contributed by atoms with E-state index in [2.05, 4.69) is 38.9 Å². The molecule has 0 fully saturated rings. The first-order valence-electron chi connectivity index (χ1n) is 4.46. The van der Waals surface area contributed by atoms with Crippen LogP contribution in [0.25, 0.3) is 0 Å². The van der Waals surface area contributed by atoms with Gasteiger partial charge in [0.2, 0.25) is 0 Å². The van der Waals surface area contributed by atoms with E-state index >= 15 is 0 Å². The molecule has 1 heterocycles. The Bertz CT molecular complexity index is 226. The Morgan fingerprint density at radius 1 is 1.54 bits per heavy atom. The summed E-state index contributed by atoms with van der Waals surface area (Å²) in [6, 6.07) is 4.09. The highest BCUT2D eigenvalue weighted by molar-refractivity contribution is 9.09. The van der Waals surface area contributed by atoms with E-state index in [0.717, 1.165) is 18.4 Å². The van der Waals surface area contributed by atoms with Crippen molar-refractivity contribution < 1.29 is 0 Å². The van der Waals surface area contributed by atoms with Crippen LogP contribution in [0.15, 0.2) is 24.5 Å². The second-order valence-corrected chi connectivity index (χ2v) is 3.93. The van der Waals surface area contributed by atoms with E-state index in [1.165, 1.54) is 12.0 Å². The van der Waals surface area contributed by atoms with Crippen LogP contribution in [-0.4, -0.2) is 28.8 Å². The lowest BCUT2D eigenvalue weighted by Gasteiger charge is -2.15. The third-order valence-electron chi connectivity index (χ3n) is 1.85. The van der Waals surface area contributed by atoms with E-state index < -0.39 is 0 Å². The quantitative estimate of drug-likeness (QED) is 0.737. The molecule has 0 amide bonds. The van der Waals surface area contributed by atoms with Crippen LogP contribution in [0.4, 0.5) is 0 Å². The van der Waals surface area contributed by atoms with E-state index in [9.17, 15) is 0 Å². The first-order chi connectivity index (χ1) is 6.33. The monoisotopic (exact) mass is 242 g/mol. The maximum Gasteiger partial charge on any atom is 0.0312 e. The average Bonchev–Trinajstić information content (AvgIpc) is 2.16. The normalized spacial score (nSPS) is 10.7. The molecule has 2 nitrogen and oxygen atoms in total. The van der Waals surface area contributed by atoms with Crippen LogP contribution in [-0.2, 0) is 6.54 Å². The minimum absolute atomic E-state index is 0.987. The summed E-state index contributed by atoms with van der Waals surface area (Å²) in [7, 11) is 2.13. The van der Waals surface area contributed by atoms with Crippen LogP contribution in [0.5, 0.6) is 0 Å². The first-order valence-corrected chi connectivity index (χ1v) is 5.58. The molecule has 0 unspecified atom stereocenters. The summed E-state index contributed by atoms with van der Waals surface area (Å²) in [4.78, 5) is 6.39. The van der Waals surface area contributed by atoms with Gasteiger partial charge in [-0.25, -0.2) is 0 Å². The molecule has 0 aromatic carbocycles. The molecule has 0 radical (unpaired) electrons. The van der Waals surface area contributed by atoms with Crippen molar-refractivity contribution in [3.63, 3.8) is 0 Å². The van der Waals surface area contributed by atoms with Crippen LogP contribution in [0.2, 0.25) is 0 Å². The number of hydrogen-bond donors (Lipinski definition) is 0. The molecule has 1 aromatic rings. The summed E-state index contributed by atoms with van der Waals surface area (Å²) in [6.45, 7) is 2.11. The summed E-state index contributed by atoms with van der Waals surface area (Å²) in [5, 5.41) is 1.07. The van der Waals surface area contributed by atoms with Crippen molar-refractivity contribution in [1.29, 1.82) is 0 Å². The minimum atomic E-state index is 0.987. The van der Waals surface area contributed by atoms with Gasteiger partial charge in [0.15, 0.2) is 0 Å². The van der Waals surface area contributed by atoms with Crippen LogP contribution in [0.3, 0.4) is 0 Å². The molecular weight excluding hydrogens is 228 g/mol. The predicted octanol–water partition coefficient (Wildman–Crippen LogP) is 2.30. The molecule has 0 spiro atoms. The Kier molecular flexibility index (Phi) is 5.01. The lowest BCUT2D eigenvalue weighted by Crippen LogP contribution is -2.19. The Hall–Kier alpha value is -0.410. The number of nitrogens with zero attached hydrogens (tertiary/aromatic N) is 2. The molecule has 1 aromatic heterocycles. The van der Waals surface area contributed by atoms with E-state index in [1.54, 1.807) is 0 Å². The number of aromatic nitrogens is 1. The largest absolute Gasteiger partial charge is 0.302 e. The van der Waals surface area contributed by atoms with Crippen molar-refractivity contribution in [2.24, 2.45) is 0 Å². The molecule has 72 valence electrons. The Balaban J connectivity index is 2.32. The second kappa shape index (κ2) is 6.11. The molecular formula is C10H15BrN2. The number of rotatable bonds is 5. The zero-order valence-corrected chi connectivity index (χ0v) is 9.50. The van der Waals surface area contributed by atoms with Crippen molar-refractivity contribution in [2.45, 2.75) is 13.0 Å². The molecule has 3 heteroatoms. The third kappa shape index (κ3) is 4.39. The fraction of sp³-hybridized carbons (Fsp3) is 0.500. The van der Waals surface area contributed by atoms with Gasteiger partial charge >= 0.3 is 0 Å². The zero-order chi connectivity index (χ0) is 9.52. The summed E-state index contributed by atoms with van der Waals surface area (Å²) >= 11 is 3.42. The highest BCUT2D eigenvalue weighted by Gasteiger charge is 1.98. The lowest BCUT2D eigenvalue weighted by atomic mass is 10.2. The summed E-state index contributed by atoms with van der Waals surface area (Å²) in [5.41, 5.74) is 1.28. The number of alkyl halides is 1. The number of pyridine rings is 1. The Morgan fingerprint density at radius 2 is 2.38 bits per heavy atom. The molecule has 0 aliphatic heterocycles. The van der Waals surface area contributed by atoms with Crippen molar-refractivity contribution >= 4 is 15.9 Å². The van der Waals surface area contributed by atoms with Gasteiger partial charge in [-0.1, -0.05) is 22.0 Å². The number of halogens is 1. The van der Waals surface area contributed by atoms with Crippen molar-refractivity contribution in [3.8, 4) is 0 Å². The van der Waals surface area contributed by atoms with Gasteiger partial charge in [-0.2, -0.15) is 0 Å².